The number of piperidine rings is 1. The predicted octanol–water partition coefficient (Wildman–Crippen LogP) is 2.94. The number of likely N-dealkylation sites (tertiary alicyclic amines) is 1. The Morgan fingerprint density at radius 3 is 2.38 bits per heavy atom. The number of guanidine groups is 1. The van der Waals surface area contributed by atoms with E-state index in [1.807, 2.05) is 39.6 Å². The molecule has 0 aromatic carbocycles. The normalized spacial score (nSPS) is 16.9. The third-order valence-electron chi connectivity index (χ3n) is 4.17. The van der Waals surface area contributed by atoms with Crippen molar-refractivity contribution in [2.24, 2.45) is 10.9 Å². The van der Waals surface area contributed by atoms with Crippen LogP contribution >= 0.6 is 0 Å². The monoisotopic (exact) mass is 340 g/mol. The molecule has 6 heteroatoms. The van der Waals surface area contributed by atoms with E-state index in [2.05, 4.69) is 22.1 Å². The number of ether oxygens (including phenoxy) is 1. The van der Waals surface area contributed by atoms with Gasteiger partial charge in [0.1, 0.15) is 5.60 Å². The molecular weight excluding hydrogens is 304 g/mol. The molecule has 1 amide bonds. The lowest BCUT2D eigenvalue weighted by Gasteiger charge is -2.36. The molecule has 1 rings (SSSR count). The summed E-state index contributed by atoms with van der Waals surface area (Å²) in [5, 5.41) is 3.39. The van der Waals surface area contributed by atoms with Gasteiger partial charge >= 0.3 is 6.09 Å². The highest BCUT2D eigenvalue weighted by atomic mass is 16.6. The molecule has 0 saturated carbocycles. The van der Waals surface area contributed by atoms with Crippen LogP contribution in [0.15, 0.2) is 4.99 Å². The summed E-state index contributed by atoms with van der Waals surface area (Å²) in [5.74, 6) is 1.52. The van der Waals surface area contributed by atoms with Crippen molar-refractivity contribution < 1.29 is 9.53 Å². The van der Waals surface area contributed by atoms with E-state index in [1.165, 1.54) is 0 Å². The maximum atomic E-state index is 12.3. The van der Waals surface area contributed by atoms with E-state index in [9.17, 15) is 4.79 Å². The quantitative estimate of drug-likeness (QED) is 0.617. The standard InChI is InChI=1S/C18H36N4O2/c1-7-11-20-16(19-6)22-12-9-15(10-13-22)14-21(8-2)17(23)24-18(3,4)5/h15H,7-14H2,1-6H3,(H,19,20). The fraction of sp³-hybridized carbons (Fsp3) is 0.889. The molecule has 0 bridgehead atoms. The minimum absolute atomic E-state index is 0.201. The number of hydrogen-bond acceptors (Lipinski definition) is 3. The highest BCUT2D eigenvalue weighted by Gasteiger charge is 2.26. The van der Waals surface area contributed by atoms with E-state index in [4.69, 9.17) is 4.74 Å². The van der Waals surface area contributed by atoms with Crippen LogP contribution in [-0.2, 0) is 4.74 Å². The number of rotatable bonds is 5. The van der Waals surface area contributed by atoms with Crippen molar-refractivity contribution in [1.82, 2.24) is 15.1 Å². The molecule has 140 valence electrons. The van der Waals surface area contributed by atoms with Crippen molar-refractivity contribution in [3.8, 4) is 0 Å². The first-order valence-corrected chi connectivity index (χ1v) is 9.24. The van der Waals surface area contributed by atoms with Crippen molar-refractivity contribution in [3.63, 3.8) is 0 Å². The molecule has 24 heavy (non-hydrogen) atoms. The Kier molecular flexibility index (Phi) is 8.36. The first-order valence-electron chi connectivity index (χ1n) is 9.24. The number of carbonyl (C=O) groups is 1. The lowest BCUT2D eigenvalue weighted by atomic mass is 9.96. The van der Waals surface area contributed by atoms with Gasteiger partial charge in [0, 0.05) is 39.8 Å². The first kappa shape index (κ1) is 20.6. The molecule has 1 saturated heterocycles. The van der Waals surface area contributed by atoms with Crippen LogP contribution in [0.3, 0.4) is 0 Å². The van der Waals surface area contributed by atoms with Crippen LogP contribution in [0.2, 0.25) is 0 Å². The maximum Gasteiger partial charge on any atom is 0.410 e. The minimum Gasteiger partial charge on any atom is -0.444 e. The fourth-order valence-electron chi connectivity index (χ4n) is 2.87. The molecule has 0 spiro atoms. The molecule has 0 unspecified atom stereocenters. The van der Waals surface area contributed by atoms with Crippen molar-refractivity contribution >= 4 is 12.1 Å². The average molecular weight is 341 g/mol. The number of nitrogens with zero attached hydrogens (tertiary/aromatic N) is 3. The van der Waals surface area contributed by atoms with Crippen LogP contribution in [0, 0.1) is 5.92 Å². The number of hydrogen-bond donors (Lipinski definition) is 1. The van der Waals surface area contributed by atoms with E-state index in [0.29, 0.717) is 12.5 Å². The van der Waals surface area contributed by atoms with Gasteiger partial charge in [0.2, 0.25) is 0 Å². The molecule has 1 fully saturated rings. The maximum absolute atomic E-state index is 12.3. The summed E-state index contributed by atoms with van der Waals surface area (Å²) in [6, 6.07) is 0. The molecule has 6 nitrogen and oxygen atoms in total. The van der Waals surface area contributed by atoms with E-state index in [1.54, 1.807) is 0 Å². The second-order valence-corrected chi connectivity index (χ2v) is 7.42. The second-order valence-electron chi connectivity index (χ2n) is 7.42. The van der Waals surface area contributed by atoms with Crippen LogP contribution in [-0.4, -0.2) is 67.2 Å². The van der Waals surface area contributed by atoms with Crippen molar-refractivity contribution in [2.75, 3.05) is 39.8 Å². The van der Waals surface area contributed by atoms with E-state index < -0.39 is 5.60 Å². The summed E-state index contributed by atoms with van der Waals surface area (Å²) in [5.41, 5.74) is -0.439. The summed E-state index contributed by atoms with van der Waals surface area (Å²) in [4.78, 5) is 20.8. The van der Waals surface area contributed by atoms with E-state index >= 15 is 0 Å². The molecule has 0 atom stereocenters. The molecule has 1 aliphatic rings. The zero-order chi connectivity index (χ0) is 18.2. The van der Waals surface area contributed by atoms with Crippen LogP contribution in [0.5, 0.6) is 0 Å². The largest absolute Gasteiger partial charge is 0.444 e. The smallest absolute Gasteiger partial charge is 0.410 e. The highest BCUT2D eigenvalue weighted by Crippen LogP contribution is 2.20. The Morgan fingerprint density at radius 1 is 1.29 bits per heavy atom. The van der Waals surface area contributed by atoms with Crippen molar-refractivity contribution in [2.45, 2.75) is 59.5 Å². The Hall–Kier alpha value is -1.46. The van der Waals surface area contributed by atoms with Gasteiger partial charge in [0.15, 0.2) is 5.96 Å². The summed E-state index contributed by atoms with van der Waals surface area (Å²) in [6.45, 7) is 14.3. The number of carbonyl (C=O) groups excluding carboxylic acids is 1. The SMILES string of the molecule is CCCNC(=NC)N1CCC(CN(CC)C(=O)OC(C)(C)C)CC1. The Balaban J connectivity index is 2.47. The Labute approximate surface area is 147 Å². The number of aliphatic imine (C=N–C) groups is 1. The summed E-state index contributed by atoms with van der Waals surface area (Å²) in [7, 11) is 1.84. The average Bonchev–Trinajstić information content (AvgIpc) is 2.52. The number of amides is 1. The predicted molar refractivity (Wildman–Crippen MR) is 99.4 cm³/mol. The summed E-state index contributed by atoms with van der Waals surface area (Å²) >= 11 is 0. The zero-order valence-electron chi connectivity index (χ0n) is 16.4. The van der Waals surface area contributed by atoms with Gasteiger partial charge in [-0.3, -0.25) is 4.99 Å². The Bertz CT molecular complexity index is 410. The van der Waals surface area contributed by atoms with Crippen molar-refractivity contribution in [1.29, 1.82) is 0 Å². The third-order valence-corrected chi connectivity index (χ3v) is 4.17. The van der Waals surface area contributed by atoms with Gasteiger partial charge in [-0.05, 0) is 52.9 Å². The van der Waals surface area contributed by atoms with Crippen molar-refractivity contribution in [3.05, 3.63) is 0 Å². The van der Waals surface area contributed by atoms with Gasteiger partial charge in [-0.2, -0.15) is 0 Å². The summed E-state index contributed by atoms with van der Waals surface area (Å²) in [6.07, 6.45) is 3.04. The lowest BCUT2D eigenvalue weighted by molar-refractivity contribution is 0.0214. The summed E-state index contributed by atoms with van der Waals surface area (Å²) < 4.78 is 5.50. The van der Waals surface area contributed by atoms with Gasteiger partial charge in [-0.1, -0.05) is 6.92 Å². The van der Waals surface area contributed by atoms with Crippen LogP contribution < -0.4 is 5.32 Å². The van der Waals surface area contributed by atoms with Crippen LogP contribution in [0.4, 0.5) is 4.79 Å². The van der Waals surface area contributed by atoms with Gasteiger partial charge in [-0.25, -0.2) is 4.79 Å². The van der Waals surface area contributed by atoms with Gasteiger partial charge in [0.25, 0.3) is 0 Å². The molecule has 0 aromatic rings. The molecule has 1 aliphatic heterocycles. The lowest BCUT2D eigenvalue weighted by Crippen LogP contribution is -2.48. The first-order chi connectivity index (χ1) is 11.3. The van der Waals surface area contributed by atoms with E-state index in [-0.39, 0.29) is 6.09 Å². The third kappa shape index (κ3) is 6.97. The second kappa shape index (κ2) is 9.74. The minimum atomic E-state index is -0.439. The van der Waals surface area contributed by atoms with E-state index in [0.717, 1.165) is 51.4 Å². The van der Waals surface area contributed by atoms with Gasteiger partial charge in [0.05, 0.1) is 0 Å². The molecule has 0 aromatic heterocycles. The molecule has 0 radical (unpaired) electrons. The molecular formula is C18H36N4O2. The fourth-order valence-corrected chi connectivity index (χ4v) is 2.87. The Morgan fingerprint density at radius 2 is 1.92 bits per heavy atom. The molecule has 0 aliphatic carbocycles. The van der Waals surface area contributed by atoms with Crippen LogP contribution in [0.25, 0.3) is 0 Å². The topological polar surface area (TPSA) is 57.2 Å². The molecule has 1 heterocycles. The van der Waals surface area contributed by atoms with Gasteiger partial charge < -0.3 is 19.9 Å². The highest BCUT2D eigenvalue weighted by molar-refractivity contribution is 5.79. The zero-order valence-corrected chi connectivity index (χ0v) is 16.4. The van der Waals surface area contributed by atoms with Crippen LogP contribution in [0.1, 0.15) is 53.9 Å². The number of nitrogens with one attached hydrogen (secondary N) is 1. The van der Waals surface area contributed by atoms with Gasteiger partial charge in [-0.15, -0.1) is 0 Å². The molecule has 1 N–H and O–H groups in total.